The number of hydrogen-bond acceptors (Lipinski definition) is 3. The molecule has 0 aliphatic carbocycles. The molecule has 0 unspecified atom stereocenters. The van der Waals surface area contributed by atoms with Gasteiger partial charge in [-0.05, 0) is 24.3 Å². The van der Waals surface area contributed by atoms with Crippen molar-refractivity contribution in [1.29, 1.82) is 0 Å². The molecule has 0 spiro atoms. The van der Waals surface area contributed by atoms with Crippen LogP contribution in [-0.2, 0) is 18.5 Å². The molecule has 4 heteroatoms. The molecule has 0 amide bonds. The first kappa shape index (κ1) is 9.05. The minimum Gasteiger partial charge on any atom is -0.508 e. The van der Waals surface area contributed by atoms with Gasteiger partial charge in [-0.25, -0.2) is 5.90 Å². The van der Waals surface area contributed by atoms with Gasteiger partial charge in [-0.1, -0.05) is 0 Å². The normalized spacial score (nSPS) is 11.0. The Balaban J connectivity index is 2.61. The summed E-state index contributed by atoms with van der Waals surface area (Å²) in [6.07, 6.45) is 0. The number of aryl methyl sites for hydroxylation is 1. The van der Waals surface area contributed by atoms with Crippen LogP contribution in [0.1, 0.15) is 5.69 Å². The van der Waals surface area contributed by atoms with Crippen molar-refractivity contribution < 1.29 is 9.94 Å². The number of phenolic OH excluding ortho intramolecular Hbond substituents is 1. The number of hydrogen-bond donors (Lipinski definition) is 2. The van der Waals surface area contributed by atoms with E-state index in [9.17, 15) is 5.11 Å². The highest BCUT2D eigenvalue weighted by atomic mass is 16.6. The molecule has 2 aromatic rings. The Hall–Kier alpha value is -1.52. The molecule has 0 saturated carbocycles. The van der Waals surface area contributed by atoms with Crippen LogP contribution < -0.4 is 5.90 Å². The number of nitrogens with zero attached hydrogens (tertiary/aromatic N) is 1. The lowest BCUT2D eigenvalue weighted by Crippen LogP contribution is -2.03. The van der Waals surface area contributed by atoms with Gasteiger partial charge < -0.3 is 9.67 Å². The number of benzene rings is 1. The first-order valence-corrected chi connectivity index (χ1v) is 4.31. The Morgan fingerprint density at radius 2 is 2.21 bits per heavy atom. The second-order valence-electron chi connectivity index (χ2n) is 3.25. The van der Waals surface area contributed by atoms with Crippen LogP contribution in [0.3, 0.4) is 0 Å². The van der Waals surface area contributed by atoms with Gasteiger partial charge >= 0.3 is 0 Å². The minimum absolute atomic E-state index is 0.267. The quantitative estimate of drug-likeness (QED) is 0.704. The van der Waals surface area contributed by atoms with Crippen LogP contribution in [0.5, 0.6) is 5.75 Å². The highest BCUT2D eigenvalue weighted by Gasteiger charge is 2.05. The zero-order chi connectivity index (χ0) is 10.1. The predicted molar refractivity (Wildman–Crippen MR) is 53.6 cm³/mol. The van der Waals surface area contributed by atoms with Gasteiger partial charge in [0, 0.05) is 23.6 Å². The molecular weight excluding hydrogens is 180 g/mol. The van der Waals surface area contributed by atoms with E-state index in [2.05, 4.69) is 4.84 Å². The minimum atomic E-state index is 0.267. The third-order valence-corrected chi connectivity index (χ3v) is 2.36. The lowest BCUT2D eigenvalue weighted by Gasteiger charge is -2.01. The summed E-state index contributed by atoms with van der Waals surface area (Å²) in [6, 6.07) is 7.19. The summed E-state index contributed by atoms with van der Waals surface area (Å²) in [5.41, 5.74) is 2.03. The van der Waals surface area contributed by atoms with Gasteiger partial charge in [-0.2, -0.15) is 0 Å². The summed E-state index contributed by atoms with van der Waals surface area (Å²) in [6.45, 7) is 0.367. The molecule has 0 aliphatic heterocycles. The first-order chi connectivity index (χ1) is 6.72. The monoisotopic (exact) mass is 192 g/mol. The molecule has 0 aliphatic rings. The second kappa shape index (κ2) is 3.32. The van der Waals surface area contributed by atoms with E-state index in [1.807, 2.05) is 23.7 Å². The van der Waals surface area contributed by atoms with Crippen molar-refractivity contribution in [3.8, 4) is 5.75 Å². The summed E-state index contributed by atoms with van der Waals surface area (Å²) in [5.74, 6) is 5.29. The number of aromatic hydroxyl groups is 1. The fraction of sp³-hybridized carbons (Fsp3) is 0.200. The van der Waals surface area contributed by atoms with Crippen LogP contribution in [0.2, 0.25) is 0 Å². The number of phenols is 1. The maximum absolute atomic E-state index is 9.30. The van der Waals surface area contributed by atoms with Gasteiger partial charge in [0.2, 0.25) is 0 Å². The van der Waals surface area contributed by atoms with Crippen LogP contribution >= 0.6 is 0 Å². The molecule has 1 aromatic heterocycles. The zero-order valence-electron chi connectivity index (χ0n) is 7.90. The molecule has 0 fully saturated rings. The Bertz CT molecular complexity index is 462. The summed E-state index contributed by atoms with van der Waals surface area (Å²) in [4.78, 5) is 4.59. The highest BCUT2D eigenvalue weighted by Crippen LogP contribution is 2.23. The molecule has 0 saturated heterocycles. The van der Waals surface area contributed by atoms with Gasteiger partial charge in [-0.3, -0.25) is 4.84 Å². The van der Waals surface area contributed by atoms with Crippen molar-refractivity contribution in [3.05, 3.63) is 30.0 Å². The van der Waals surface area contributed by atoms with Crippen LogP contribution in [0, 0.1) is 0 Å². The summed E-state index contributed by atoms with van der Waals surface area (Å²) in [7, 11) is 1.94. The Labute approximate surface area is 81.5 Å². The van der Waals surface area contributed by atoms with E-state index in [1.54, 1.807) is 12.1 Å². The van der Waals surface area contributed by atoms with Gasteiger partial charge in [0.1, 0.15) is 12.4 Å². The SMILES string of the molecule is Cn1c(CON)cc2cc(O)ccc21. The smallest absolute Gasteiger partial charge is 0.116 e. The van der Waals surface area contributed by atoms with Crippen molar-refractivity contribution in [1.82, 2.24) is 4.57 Å². The predicted octanol–water partition coefficient (Wildman–Crippen LogP) is 1.27. The lowest BCUT2D eigenvalue weighted by molar-refractivity contribution is 0.119. The molecule has 74 valence electrons. The van der Waals surface area contributed by atoms with Crippen LogP contribution in [-0.4, -0.2) is 9.67 Å². The third-order valence-electron chi connectivity index (χ3n) is 2.36. The zero-order valence-corrected chi connectivity index (χ0v) is 7.90. The molecule has 3 N–H and O–H groups in total. The van der Waals surface area contributed by atoms with Crippen molar-refractivity contribution >= 4 is 10.9 Å². The van der Waals surface area contributed by atoms with E-state index in [-0.39, 0.29) is 5.75 Å². The van der Waals surface area contributed by atoms with E-state index >= 15 is 0 Å². The molecule has 2 rings (SSSR count). The molecule has 4 nitrogen and oxygen atoms in total. The van der Waals surface area contributed by atoms with Crippen molar-refractivity contribution in [2.75, 3.05) is 0 Å². The van der Waals surface area contributed by atoms with Crippen molar-refractivity contribution in [3.63, 3.8) is 0 Å². The Morgan fingerprint density at radius 1 is 1.43 bits per heavy atom. The molecule has 0 radical (unpaired) electrons. The fourth-order valence-corrected chi connectivity index (χ4v) is 1.62. The van der Waals surface area contributed by atoms with Gasteiger partial charge in [0.05, 0.1) is 0 Å². The average Bonchev–Trinajstić information content (AvgIpc) is 2.44. The Kier molecular flexibility index (Phi) is 2.15. The van der Waals surface area contributed by atoms with Gasteiger partial charge in [0.25, 0.3) is 0 Å². The number of fused-ring (bicyclic) bond motifs is 1. The molecule has 0 atom stereocenters. The number of nitrogens with two attached hydrogens (primary N) is 1. The Morgan fingerprint density at radius 3 is 2.93 bits per heavy atom. The average molecular weight is 192 g/mol. The van der Waals surface area contributed by atoms with Gasteiger partial charge in [0.15, 0.2) is 0 Å². The molecule has 1 aromatic carbocycles. The molecule has 14 heavy (non-hydrogen) atoms. The van der Waals surface area contributed by atoms with E-state index in [4.69, 9.17) is 5.90 Å². The van der Waals surface area contributed by atoms with E-state index in [0.29, 0.717) is 6.61 Å². The topological polar surface area (TPSA) is 60.4 Å². The van der Waals surface area contributed by atoms with Crippen LogP contribution in [0.4, 0.5) is 0 Å². The fourth-order valence-electron chi connectivity index (χ4n) is 1.62. The maximum Gasteiger partial charge on any atom is 0.116 e. The summed E-state index contributed by atoms with van der Waals surface area (Å²) < 4.78 is 1.99. The molecule has 0 bridgehead atoms. The third kappa shape index (κ3) is 1.34. The number of aromatic nitrogens is 1. The van der Waals surface area contributed by atoms with Gasteiger partial charge in [-0.15, -0.1) is 0 Å². The summed E-state index contributed by atoms with van der Waals surface area (Å²) >= 11 is 0. The second-order valence-corrected chi connectivity index (χ2v) is 3.25. The largest absolute Gasteiger partial charge is 0.508 e. The van der Waals surface area contributed by atoms with Crippen molar-refractivity contribution in [2.45, 2.75) is 6.61 Å². The maximum atomic E-state index is 9.30. The van der Waals surface area contributed by atoms with Crippen LogP contribution in [0.15, 0.2) is 24.3 Å². The standard InChI is InChI=1S/C10H12N2O2/c1-12-8(6-14-11)4-7-5-9(13)2-3-10(7)12/h2-5,13H,6,11H2,1H3. The molecule has 1 heterocycles. The lowest BCUT2D eigenvalue weighted by atomic mass is 10.2. The summed E-state index contributed by atoms with van der Waals surface area (Å²) in [5, 5.41) is 10.3. The number of rotatable bonds is 2. The first-order valence-electron chi connectivity index (χ1n) is 4.31. The van der Waals surface area contributed by atoms with E-state index in [1.165, 1.54) is 0 Å². The van der Waals surface area contributed by atoms with E-state index < -0.39 is 0 Å². The van der Waals surface area contributed by atoms with Crippen molar-refractivity contribution in [2.24, 2.45) is 12.9 Å². The van der Waals surface area contributed by atoms with E-state index in [0.717, 1.165) is 16.6 Å². The van der Waals surface area contributed by atoms with Crippen LogP contribution in [0.25, 0.3) is 10.9 Å². The molecular formula is C10H12N2O2. The highest BCUT2D eigenvalue weighted by molar-refractivity contribution is 5.82.